The molecule has 0 N–H and O–H groups in total. The first-order valence-electron chi connectivity index (χ1n) is 8.79. The van der Waals surface area contributed by atoms with Crippen molar-refractivity contribution in [3.8, 4) is 11.5 Å². The van der Waals surface area contributed by atoms with Crippen molar-refractivity contribution >= 4 is 22.4 Å². The van der Waals surface area contributed by atoms with Crippen LogP contribution in [-0.2, 0) is 6.42 Å². The van der Waals surface area contributed by atoms with Crippen molar-refractivity contribution in [2.45, 2.75) is 6.42 Å². The number of rotatable bonds is 5. The number of benzene rings is 2. The molecule has 7 nitrogen and oxygen atoms in total. The number of hydrogen-bond donors (Lipinski definition) is 0. The maximum absolute atomic E-state index is 12.9. The van der Waals surface area contributed by atoms with Crippen LogP contribution in [0.25, 0.3) is 11.0 Å². The van der Waals surface area contributed by atoms with Crippen molar-refractivity contribution in [1.29, 1.82) is 0 Å². The molecule has 0 fully saturated rings. The van der Waals surface area contributed by atoms with Crippen LogP contribution < -0.4 is 25.1 Å². The molecule has 4 rings (SSSR count). The van der Waals surface area contributed by atoms with Crippen molar-refractivity contribution in [2.75, 3.05) is 14.2 Å². The number of fused-ring (bicyclic) bond motifs is 1. The number of thiazole rings is 1. The summed E-state index contributed by atoms with van der Waals surface area (Å²) in [6.07, 6.45) is 2.00. The van der Waals surface area contributed by atoms with Crippen LogP contribution in [0, 0.1) is 0 Å². The Labute approximate surface area is 169 Å². The van der Waals surface area contributed by atoms with Crippen molar-refractivity contribution in [1.82, 2.24) is 14.6 Å². The Bertz CT molecular complexity index is 1350. The monoisotopic (exact) mass is 407 g/mol. The summed E-state index contributed by atoms with van der Waals surface area (Å²) in [5.74, 6) is 1.24. The average molecular weight is 407 g/mol. The number of methoxy groups -OCH3 is 2. The Hall–Kier alpha value is -3.52. The summed E-state index contributed by atoms with van der Waals surface area (Å²) in [7, 11) is 3.12. The highest BCUT2D eigenvalue weighted by atomic mass is 32.1. The highest BCUT2D eigenvalue weighted by Crippen LogP contribution is 2.24. The van der Waals surface area contributed by atoms with E-state index >= 15 is 0 Å². The largest absolute Gasteiger partial charge is 0.497 e. The number of aromatic nitrogens is 3. The molecule has 146 valence electrons. The molecular weight excluding hydrogens is 390 g/mol. The Balaban J connectivity index is 1.84. The fraction of sp³-hybridized carbons (Fsp3) is 0.143. The molecule has 2 aromatic heterocycles. The summed E-state index contributed by atoms with van der Waals surface area (Å²) < 4.78 is 12.2. The molecule has 29 heavy (non-hydrogen) atoms. The van der Waals surface area contributed by atoms with Gasteiger partial charge in [0.1, 0.15) is 17.2 Å². The molecule has 0 amide bonds. The zero-order chi connectivity index (χ0) is 20.4. The smallest absolute Gasteiger partial charge is 0.296 e. The van der Waals surface area contributed by atoms with Crippen LogP contribution in [0.5, 0.6) is 11.5 Å². The van der Waals surface area contributed by atoms with E-state index in [0.717, 1.165) is 16.9 Å². The van der Waals surface area contributed by atoms with E-state index in [4.69, 9.17) is 9.47 Å². The molecule has 0 spiro atoms. The first-order chi connectivity index (χ1) is 14.1. The van der Waals surface area contributed by atoms with Gasteiger partial charge in [0, 0.05) is 12.0 Å². The van der Waals surface area contributed by atoms with Crippen LogP contribution in [-0.4, -0.2) is 28.8 Å². The number of hydrogen-bond acceptors (Lipinski definition) is 7. The van der Waals surface area contributed by atoms with Gasteiger partial charge in [-0.25, -0.2) is 0 Å². The van der Waals surface area contributed by atoms with E-state index in [-0.39, 0.29) is 16.2 Å². The summed E-state index contributed by atoms with van der Waals surface area (Å²) >= 11 is 1.11. The molecule has 0 bridgehead atoms. The van der Waals surface area contributed by atoms with Crippen molar-refractivity contribution in [3.05, 3.63) is 90.6 Å². The van der Waals surface area contributed by atoms with Gasteiger partial charge in [0.15, 0.2) is 0 Å². The van der Waals surface area contributed by atoms with E-state index in [2.05, 4.69) is 10.1 Å². The second kappa shape index (κ2) is 7.84. The van der Waals surface area contributed by atoms with Crippen LogP contribution >= 0.6 is 11.3 Å². The van der Waals surface area contributed by atoms with Crippen LogP contribution in [0.1, 0.15) is 16.8 Å². The third kappa shape index (κ3) is 3.74. The lowest BCUT2D eigenvalue weighted by molar-refractivity contribution is 0.402. The highest BCUT2D eigenvalue weighted by Gasteiger charge is 2.12. The van der Waals surface area contributed by atoms with E-state index < -0.39 is 5.56 Å². The van der Waals surface area contributed by atoms with Gasteiger partial charge in [0.25, 0.3) is 11.1 Å². The second-order valence-corrected chi connectivity index (χ2v) is 7.25. The van der Waals surface area contributed by atoms with Gasteiger partial charge in [-0.3, -0.25) is 9.59 Å². The van der Waals surface area contributed by atoms with Crippen LogP contribution in [0.3, 0.4) is 0 Å². The van der Waals surface area contributed by atoms with Crippen molar-refractivity contribution in [3.63, 3.8) is 0 Å². The van der Waals surface area contributed by atoms with Gasteiger partial charge in [-0.1, -0.05) is 41.7 Å². The van der Waals surface area contributed by atoms with Crippen LogP contribution in [0.15, 0.2) is 58.1 Å². The van der Waals surface area contributed by atoms with Crippen LogP contribution in [0.4, 0.5) is 0 Å². The topological polar surface area (TPSA) is 82.8 Å². The van der Waals surface area contributed by atoms with Crippen molar-refractivity contribution in [2.24, 2.45) is 0 Å². The highest BCUT2D eigenvalue weighted by molar-refractivity contribution is 7.15. The summed E-state index contributed by atoms with van der Waals surface area (Å²) in [4.78, 5) is 29.6. The Morgan fingerprint density at radius 1 is 1.07 bits per heavy atom. The first-order valence-corrected chi connectivity index (χ1v) is 9.61. The summed E-state index contributed by atoms with van der Waals surface area (Å²) in [5, 5.41) is 4.27. The van der Waals surface area contributed by atoms with Crippen LogP contribution in [0.2, 0.25) is 0 Å². The maximum atomic E-state index is 12.9. The average Bonchev–Trinajstić information content (AvgIpc) is 3.03. The molecule has 0 unspecified atom stereocenters. The summed E-state index contributed by atoms with van der Waals surface area (Å²) in [5.41, 5.74) is 1.07. The Kier molecular flexibility index (Phi) is 5.09. The predicted octanol–water partition coefficient (Wildman–Crippen LogP) is 1.67. The molecule has 0 aliphatic heterocycles. The van der Waals surface area contributed by atoms with E-state index in [1.165, 1.54) is 4.52 Å². The lowest BCUT2D eigenvalue weighted by Gasteiger charge is -2.06. The second-order valence-electron chi connectivity index (χ2n) is 6.24. The lowest BCUT2D eigenvalue weighted by Crippen LogP contribution is -2.28. The molecular formula is C21H17N3O4S. The minimum Gasteiger partial charge on any atom is -0.497 e. The summed E-state index contributed by atoms with van der Waals surface area (Å²) in [6.45, 7) is 0. The van der Waals surface area contributed by atoms with Gasteiger partial charge in [0.05, 0.1) is 18.8 Å². The van der Waals surface area contributed by atoms with E-state index in [9.17, 15) is 9.59 Å². The molecule has 2 aromatic carbocycles. The maximum Gasteiger partial charge on any atom is 0.296 e. The standard InChI is InChI=1S/C21H17N3O4S/c1-27-15-8-9-17(28-2)14(11-15)12-18-20(26)24-21(29-18)22-19(25)16(23-24)10-13-6-4-3-5-7-13/h3-9,11-12H,10H2,1-2H3. The van der Waals surface area contributed by atoms with Gasteiger partial charge in [-0.05, 0) is 29.8 Å². The number of ether oxygens (including phenoxy) is 2. The minimum absolute atomic E-state index is 0.231. The normalized spacial score (nSPS) is 11.7. The van der Waals surface area contributed by atoms with Gasteiger partial charge in [0.2, 0.25) is 4.96 Å². The molecule has 0 saturated heterocycles. The van der Waals surface area contributed by atoms with Crippen molar-refractivity contribution < 1.29 is 9.47 Å². The molecule has 0 saturated carbocycles. The lowest BCUT2D eigenvalue weighted by atomic mass is 10.1. The zero-order valence-corrected chi connectivity index (χ0v) is 16.6. The minimum atomic E-state index is -0.430. The third-order valence-electron chi connectivity index (χ3n) is 4.39. The van der Waals surface area contributed by atoms with Gasteiger partial charge < -0.3 is 9.47 Å². The quantitative estimate of drug-likeness (QED) is 0.501. The predicted molar refractivity (Wildman–Crippen MR) is 111 cm³/mol. The molecule has 2 heterocycles. The van der Waals surface area contributed by atoms with Gasteiger partial charge >= 0.3 is 0 Å². The first kappa shape index (κ1) is 18.8. The molecule has 0 atom stereocenters. The molecule has 8 heteroatoms. The van der Waals surface area contributed by atoms with Gasteiger partial charge in [-0.2, -0.15) is 14.6 Å². The Morgan fingerprint density at radius 2 is 1.86 bits per heavy atom. The molecule has 0 aliphatic rings. The molecule has 0 aliphatic carbocycles. The van der Waals surface area contributed by atoms with E-state index in [1.54, 1.807) is 38.5 Å². The molecule has 0 radical (unpaired) electrons. The third-order valence-corrected chi connectivity index (χ3v) is 5.35. The fourth-order valence-corrected chi connectivity index (χ4v) is 3.83. The SMILES string of the molecule is COc1ccc(OC)c(C=c2sc3nc(=O)c(Cc4ccccc4)nn3c2=O)c1. The fourth-order valence-electron chi connectivity index (χ4n) is 2.93. The molecule has 4 aromatic rings. The van der Waals surface area contributed by atoms with E-state index in [0.29, 0.717) is 28.0 Å². The van der Waals surface area contributed by atoms with E-state index in [1.807, 2.05) is 30.3 Å². The van der Waals surface area contributed by atoms with Gasteiger partial charge in [-0.15, -0.1) is 0 Å². The number of nitrogens with zero attached hydrogens (tertiary/aromatic N) is 3. The zero-order valence-electron chi connectivity index (χ0n) is 15.8. The Morgan fingerprint density at radius 3 is 2.59 bits per heavy atom. The summed E-state index contributed by atoms with van der Waals surface area (Å²) in [6, 6.07) is 14.8.